The molecule has 0 aliphatic heterocycles. The molecule has 4 radical (unpaired) electrons. The quantitative estimate of drug-likeness (QED) is 0.260. The molecule has 30 heavy (non-hydrogen) atoms. The molecule has 0 atom stereocenters. The molecule has 0 aliphatic carbocycles. The van der Waals surface area contributed by atoms with E-state index in [1.54, 1.807) is 0 Å². The zero-order chi connectivity index (χ0) is 20.5. The van der Waals surface area contributed by atoms with Crippen LogP contribution in [-0.4, -0.2) is 8.41 Å². The molecule has 3 aromatic rings. The minimum absolute atomic E-state index is 0. The van der Waals surface area contributed by atoms with Crippen molar-refractivity contribution >= 4 is 8.41 Å². The minimum Gasteiger partial charge on any atom is -0.358 e. The van der Waals surface area contributed by atoms with Crippen molar-refractivity contribution in [3.63, 3.8) is 0 Å². The monoisotopic (exact) mass is 480 g/mol. The fourth-order valence-electron chi connectivity index (χ4n) is 2.49. The van der Waals surface area contributed by atoms with Crippen molar-refractivity contribution in [1.82, 2.24) is 0 Å². The van der Waals surface area contributed by atoms with E-state index in [0.29, 0.717) is 0 Å². The van der Waals surface area contributed by atoms with Gasteiger partial charge in [0.15, 0.2) is 0 Å². The normalized spacial score (nSPS) is 7.97. The Hall–Kier alpha value is -1.17. The molecular weight excluding hydrogens is 436 g/mol. The van der Waals surface area contributed by atoms with Gasteiger partial charge >= 0.3 is 0 Å². The zero-order valence-corrected chi connectivity index (χ0v) is 23.3. The Kier molecular flexibility index (Phi) is 29.1. The van der Waals surface area contributed by atoms with Crippen LogP contribution in [0.3, 0.4) is 0 Å². The van der Waals surface area contributed by atoms with Crippen LogP contribution in [0.15, 0.2) is 72.8 Å². The zero-order valence-electron chi connectivity index (χ0n) is 20.5. The van der Waals surface area contributed by atoms with Crippen LogP contribution < -0.4 is 0 Å². The Morgan fingerprint density at radius 3 is 1.17 bits per heavy atom. The van der Waals surface area contributed by atoms with E-state index >= 15 is 0 Å². The van der Waals surface area contributed by atoms with E-state index in [2.05, 4.69) is 73.7 Å². The summed E-state index contributed by atoms with van der Waals surface area (Å²) in [7, 11) is 0. The molecule has 3 rings (SSSR count). The van der Waals surface area contributed by atoms with Crippen LogP contribution in [0.5, 0.6) is 0 Å². The molecule has 0 saturated carbocycles. The first-order valence-corrected chi connectivity index (χ1v) is 10.4. The van der Waals surface area contributed by atoms with Crippen LogP contribution in [0, 0.1) is 20.4 Å². The van der Waals surface area contributed by atoms with Gasteiger partial charge in [-0.1, -0.05) is 95.6 Å². The molecule has 162 valence electrons. The van der Waals surface area contributed by atoms with Crippen LogP contribution in [0.2, 0.25) is 0 Å². The average Bonchev–Trinajstić information content (AvgIpc) is 2.76. The first-order chi connectivity index (χ1) is 13.3. The summed E-state index contributed by atoms with van der Waals surface area (Å²) in [6.07, 6.45) is 1.99. The molecule has 0 unspecified atom stereocenters. The minimum atomic E-state index is 0. The third-order valence-corrected chi connectivity index (χ3v) is 3.75. The van der Waals surface area contributed by atoms with Gasteiger partial charge in [0.1, 0.15) is 0 Å². The van der Waals surface area contributed by atoms with Gasteiger partial charge in [0.05, 0.1) is 0 Å². The number of benzene rings is 3. The predicted molar refractivity (Wildman–Crippen MR) is 137 cm³/mol. The maximum atomic E-state index is 3.06. The largest absolute Gasteiger partial charge is 0.358 e. The Morgan fingerprint density at radius 2 is 0.833 bits per heavy atom. The average molecular weight is 480 g/mol. The Balaban J connectivity index is -0.000000208. The van der Waals surface area contributed by atoms with E-state index in [-0.39, 0.29) is 50.0 Å². The van der Waals surface area contributed by atoms with E-state index < -0.39 is 0 Å². The van der Waals surface area contributed by atoms with Gasteiger partial charge in [0.2, 0.25) is 0 Å². The fourth-order valence-corrected chi connectivity index (χ4v) is 2.49. The molecule has 0 heterocycles. The van der Waals surface area contributed by atoms with Crippen molar-refractivity contribution in [3.05, 3.63) is 114 Å². The van der Waals surface area contributed by atoms with E-state index in [4.69, 9.17) is 0 Å². The predicted octanol–water partition coefficient (Wildman–Crippen LogP) is 8.37. The summed E-state index contributed by atoms with van der Waals surface area (Å²) < 4.78 is 0. The van der Waals surface area contributed by atoms with Crippen LogP contribution >= 0.6 is 0 Å². The second kappa shape index (κ2) is 24.1. The standard InChI is InChI=1S/C21H19.3C2H6.CH3.B.Y.H2/c1-17-7-9-19(10-8-17)16-21-13-11-20(12-14-21)15-18-5-3-2-4-6-18;3*1-2;;;;/h3-14H,15-16H2,1H3;3*1-2H3;1H3;;;1H/q-1;;;;-1;;;/i;;;;;;;1+2. The first kappa shape index (κ1) is 36.2. The summed E-state index contributed by atoms with van der Waals surface area (Å²) in [5.41, 5.74) is 6.74. The van der Waals surface area contributed by atoms with Crippen LogP contribution in [0.4, 0.5) is 0 Å². The van der Waals surface area contributed by atoms with Crippen LogP contribution in [0.1, 0.15) is 70.8 Å². The molecule has 0 bridgehead atoms. The Bertz CT molecular complexity index is 695. The van der Waals surface area contributed by atoms with Gasteiger partial charge in [0, 0.05) is 42.5 Å². The van der Waals surface area contributed by atoms with Crippen molar-refractivity contribution in [2.45, 2.75) is 61.3 Å². The maximum Gasteiger partial charge on any atom is 0 e. The summed E-state index contributed by atoms with van der Waals surface area (Å²) in [5.74, 6) is 0. The number of rotatable bonds is 4. The van der Waals surface area contributed by atoms with Crippen molar-refractivity contribution in [3.8, 4) is 0 Å². The SMILES string of the molecule is CC.CC.CC.Cc1ccc(Cc2ccc(Cc3cc[c-]cc3)cc2)cc1.[3HH].[B].[CH3-].[Y]. The van der Waals surface area contributed by atoms with Gasteiger partial charge < -0.3 is 7.43 Å². The molecule has 0 spiro atoms. The van der Waals surface area contributed by atoms with Crippen molar-refractivity contribution in [2.24, 2.45) is 0 Å². The van der Waals surface area contributed by atoms with Crippen molar-refractivity contribution in [1.29, 1.82) is 0 Å². The first-order valence-electron chi connectivity index (χ1n) is 10.4. The molecule has 0 nitrogen and oxygen atoms in total. The smallest absolute Gasteiger partial charge is 0 e. The Morgan fingerprint density at radius 1 is 0.567 bits per heavy atom. The van der Waals surface area contributed by atoms with Gasteiger partial charge in [-0.25, -0.2) is 0 Å². The summed E-state index contributed by atoms with van der Waals surface area (Å²) >= 11 is 0. The summed E-state index contributed by atoms with van der Waals surface area (Å²) in [4.78, 5) is 0. The van der Waals surface area contributed by atoms with Crippen LogP contribution in [0.25, 0.3) is 0 Å². The summed E-state index contributed by atoms with van der Waals surface area (Å²) in [5, 5.41) is 0. The fraction of sp³-hybridized carbons (Fsp3) is 0.321. The second-order valence-corrected chi connectivity index (χ2v) is 5.56. The van der Waals surface area contributed by atoms with E-state index in [1.807, 2.05) is 53.7 Å². The van der Waals surface area contributed by atoms with Gasteiger partial charge in [0.25, 0.3) is 0 Å². The number of hydrogen-bond donors (Lipinski definition) is 0. The maximum absolute atomic E-state index is 3.06. The third kappa shape index (κ3) is 14.8. The van der Waals surface area contributed by atoms with E-state index in [1.165, 1.54) is 27.8 Å². The molecule has 2 heteroatoms. The number of aryl methyl sites for hydroxylation is 1. The third-order valence-electron chi connectivity index (χ3n) is 3.75. The van der Waals surface area contributed by atoms with Gasteiger partial charge in [-0.2, -0.15) is 35.9 Å². The molecule has 0 amide bonds. The molecule has 0 saturated heterocycles. The van der Waals surface area contributed by atoms with Crippen LogP contribution in [-0.2, 0) is 45.6 Å². The number of hydrogen-bond acceptors (Lipinski definition) is 0. The van der Waals surface area contributed by atoms with E-state index in [0.717, 1.165) is 12.8 Å². The van der Waals surface area contributed by atoms with Gasteiger partial charge in [-0.3, -0.25) is 0 Å². The molecule has 0 aliphatic rings. The van der Waals surface area contributed by atoms with E-state index in [9.17, 15) is 0 Å². The summed E-state index contributed by atoms with van der Waals surface area (Å²) in [6, 6.07) is 29.0. The summed E-state index contributed by atoms with van der Waals surface area (Å²) in [6.45, 7) is 14.1. The molecule has 0 aromatic heterocycles. The molecule has 3 aromatic carbocycles. The van der Waals surface area contributed by atoms with Crippen molar-refractivity contribution < 1.29 is 34.1 Å². The van der Waals surface area contributed by atoms with Gasteiger partial charge in [-0.05, 0) is 36.5 Å². The molecular formula is C28H42BY-2. The second-order valence-electron chi connectivity index (χ2n) is 5.56. The topological polar surface area (TPSA) is 0 Å². The molecule has 0 fully saturated rings. The molecule has 0 N–H and O–H groups in total. The Labute approximate surface area is 216 Å². The van der Waals surface area contributed by atoms with Crippen molar-refractivity contribution in [2.75, 3.05) is 0 Å². The van der Waals surface area contributed by atoms with Gasteiger partial charge in [-0.15, -0.1) is 0 Å².